The van der Waals surface area contributed by atoms with Crippen LogP contribution in [-0.2, 0) is 33.3 Å². The number of aromatic nitrogens is 1. The van der Waals surface area contributed by atoms with Gasteiger partial charge in [-0.05, 0) is 73.2 Å². The molecule has 0 bridgehead atoms. The maximum absolute atomic E-state index is 13.3. The fourth-order valence-corrected chi connectivity index (χ4v) is 6.84. The van der Waals surface area contributed by atoms with E-state index in [9.17, 15) is 22.8 Å². The van der Waals surface area contributed by atoms with Gasteiger partial charge in [-0.15, -0.1) is 0 Å². The molecule has 2 amide bonds. The molecule has 0 saturated heterocycles. The van der Waals surface area contributed by atoms with Crippen molar-refractivity contribution >= 4 is 29.0 Å². The van der Waals surface area contributed by atoms with E-state index in [1.165, 1.54) is 0 Å². The third-order valence-corrected chi connectivity index (χ3v) is 8.89. The number of hydrogen-bond donors (Lipinski definition) is 3. The lowest BCUT2D eigenvalue weighted by atomic mass is 9.77. The van der Waals surface area contributed by atoms with Crippen LogP contribution in [-0.4, -0.2) is 49.2 Å². The molecule has 2 aromatic carbocycles. The Morgan fingerprint density at radius 1 is 1.07 bits per heavy atom. The van der Waals surface area contributed by atoms with Crippen LogP contribution >= 0.6 is 0 Å². The summed E-state index contributed by atoms with van der Waals surface area (Å²) >= 11 is 0. The number of alkyl halides is 3. The van der Waals surface area contributed by atoms with Crippen molar-refractivity contribution in [2.24, 2.45) is 0 Å². The predicted molar refractivity (Wildman–Crippen MR) is 151 cm³/mol. The molecule has 3 aliphatic rings. The smallest absolute Gasteiger partial charge is 0.361 e. The SMILES string of the molecule is CCC1(CCNCC(F)(F)F)CN(CC(=O)Nc2ccc3c(c2)CC2(C3)C(=O)Nc3ncccc32)c2ccccc21. The van der Waals surface area contributed by atoms with Gasteiger partial charge < -0.3 is 20.9 Å². The van der Waals surface area contributed by atoms with Crippen molar-refractivity contribution in [3.05, 3.63) is 83.0 Å². The summed E-state index contributed by atoms with van der Waals surface area (Å²) in [6.07, 6.45) is -0.176. The second-order valence-electron chi connectivity index (χ2n) is 11.4. The number of carbonyl (C=O) groups is 2. The molecule has 6 rings (SSSR count). The molecule has 1 spiro atoms. The molecule has 0 fully saturated rings. The van der Waals surface area contributed by atoms with Crippen LogP contribution in [0, 0.1) is 0 Å². The zero-order valence-corrected chi connectivity index (χ0v) is 22.8. The number of amides is 2. The van der Waals surface area contributed by atoms with Gasteiger partial charge in [-0.25, -0.2) is 4.98 Å². The molecule has 214 valence electrons. The molecule has 3 heterocycles. The first-order valence-corrected chi connectivity index (χ1v) is 13.9. The number of hydrogen-bond acceptors (Lipinski definition) is 5. The van der Waals surface area contributed by atoms with Crippen molar-refractivity contribution in [2.75, 3.05) is 41.7 Å². The summed E-state index contributed by atoms with van der Waals surface area (Å²) in [5.74, 6) is 0.389. The van der Waals surface area contributed by atoms with Crippen molar-refractivity contribution in [2.45, 2.75) is 49.6 Å². The molecule has 7 nitrogen and oxygen atoms in total. The largest absolute Gasteiger partial charge is 0.401 e. The van der Waals surface area contributed by atoms with Gasteiger partial charge in [0, 0.05) is 35.1 Å². The average Bonchev–Trinajstić information content (AvgIpc) is 3.56. The Kier molecular flexibility index (Phi) is 6.76. The normalized spacial score (nSPS) is 22.4. The van der Waals surface area contributed by atoms with Crippen LogP contribution in [0.3, 0.4) is 0 Å². The van der Waals surface area contributed by atoms with E-state index in [4.69, 9.17) is 0 Å². The summed E-state index contributed by atoms with van der Waals surface area (Å²) in [5, 5.41) is 8.46. The van der Waals surface area contributed by atoms with Gasteiger partial charge in [0.1, 0.15) is 5.82 Å². The number of benzene rings is 2. The van der Waals surface area contributed by atoms with Gasteiger partial charge in [-0.1, -0.05) is 37.3 Å². The number of fused-ring (bicyclic) bond motifs is 4. The van der Waals surface area contributed by atoms with E-state index in [-0.39, 0.29) is 30.3 Å². The molecule has 1 aromatic heterocycles. The summed E-state index contributed by atoms with van der Waals surface area (Å²) in [6.45, 7) is 1.93. The molecule has 2 atom stereocenters. The second-order valence-corrected chi connectivity index (χ2v) is 11.4. The average molecular weight is 564 g/mol. The minimum atomic E-state index is -4.25. The number of rotatable bonds is 8. The predicted octanol–water partition coefficient (Wildman–Crippen LogP) is 4.72. The lowest BCUT2D eigenvalue weighted by Crippen LogP contribution is -2.40. The van der Waals surface area contributed by atoms with E-state index in [2.05, 4.69) is 20.9 Å². The minimum Gasteiger partial charge on any atom is -0.361 e. The van der Waals surface area contributed by atoms with Gasteiger partial charge >= 0.3 is 6.18 Å². The molecule has 2 aliphatic heterocycles. The molecule has 0 saturated carbocycles. The summed E-state index contributed by atoms with van der Waals surface area (Å²) in [6, 6.07) is 17.4. The Balaban J connectivity index is 1.14. The number of halogens is 3. The summed E-state index contributed by atoms with van der Waals surface area (Å²) in [4.78, 5) is 32.6. The van der Waals surface area contributed by atoms with E-state index >= 15 is 0 Å². The number of para-hydroxylation sites is 1. The fraction of sp³-hybridized carbons (Fsp3) is 0.387. The molecule has 3 N–H and O–H groups in total. The maximum Gasteiger partial charge on any atom is 0.401 e. The Hall–Kier alpha value is -3.92. The van der Waals surface area contributed by atoms with Gasteiger partial charge in [0.15, 0.2) is 0 Å². The molecule has 3 aromatic rings. The number of pyridine rings is 1. The first kappa shape index (κ1) is 27.3. The molecular formula is C31H32F3N5O2. The van der Waals surface area contributed by atoms with E-state index in [0.29, 0.717) is 37.3 Å². The highest BCUT2D eigenvalue weighted by atomic mass is 19.4. The van der Waals surface area contributed by atoms with Crippen LogP contribution in [0.15, 0.2) is 60.8 Å². The Morgan fingerprint density at radius 3 is 2.66 bits per heavy atom. The first-order chi connectivity index (χ1) is 19.6. The standard InChI is InChI=1S/C31H32F3N5O2/c1-2-29(11-13-35-18-31(32,33)34)19-39(25-8-4-3-6-23(25)29)17-26(40)37-22-10-9-20-15-30(16-21(20)14-22)24-7-5-12-36-27(24)38-28(30)41/h3-10,12,14,35H,2,11,13,15-19H2,1H3,(H,37,40)(H,36,38,41). The zero-order chi connectivity index (χ0) is 28.8. The Morgan fingerprint density at radius 2 is 1.85 bits per heavy atom. The third kappa shape index (κ3) is 4.94. The van der Waals surface area contributed by atoms with Crippen molar-refractivity contribution in [3.8, 4) is 0 Å². The third-order valence-electron chi connectivity index (χ3n) is 8.89. The summed E-state index contributed by atoms with van der Waals surface area (Å²) in [7, 11) is 0. The lowest BCUT2D eigenvalue weighted by Gasteiger charge is -2.30. The molecule has 2 unspecified atom stereocenters. The zero-order valence-electron chi connectivity index (χ0n) is 22.8. The van der Waals surface area contributed by atoms with Crippen LogP contribution in [0.25, 0.3) is 0 Å². The van der Waals surface area contributed by atoms with Crippen LogP contribution in [0.1, 0.15) is 42.0 Å². The first-order valence-electron chi connectivity index (χ1n) is 13.9. The van der Waals surface area contributed by atoms with Gasteiger partial charge in [-0.3, -0.25) is 9.59 Å². The van der Waals surface area contributed by atoms with E-state index in [1.54, 1.807) is 6.20 Å². The number of nitrogens with zero attached hydrogens (tertiary/aromatic N) is 2. The highest BCUT2D eigenvalue weighted by molar-refractivity contribution is 6.06. The molecular weight excluding hydrogens is 531 g/mol. The Labute approximate surface area is 236 Å². The van der Waals surface area contributed by atoms with E-state index in [0.717, 1.165) is 34.4 Å². The van der Waals surface area contributed by atoms with Crippen LogP contribution in [0.5, 0.6) is 0 Å². The molecule has 10 heteroatoms. The number of nitrogens with one attached hydrogen (secondary N) is 3. The van der Waals surface area contributed by atoms with Crippen molar-refractivity contribution < 1.29 is 22.8 Å². The Bertz CT molecular complexity index is 1510. The van der Waals surface area contributed by atoms with Gasteiger partial charge in [0.2, 0.25) is 11.8 Å². The number of carbonyl (C=O) groups excluding carboxylic acids is 2. The van der Waals surface area contributed by atoms with Crippen molar-refractivity contribution in [1.82, 2.24) is 10.3 Å². The minimum absolute atomic E-state index is 0.0475. The van der Waals surface area contributed by atoms with Gasteiger partial charge in [0.05, 0.1) is 18.5 Å². The second kappa shape index (κ2) is 10.2. The topological polar surface area (TPSA) is 86.4 Å². The van der Waals surface area contributed by atoms with Crippen LogP contribution in [0.2, 0.25) is 0 Å². The maximum atomic E-state index is 13.3. The molecule has 1 aliphatic carbocycles. The summed E-state index contributed by atoms with van der Waals surface area (Å²) in [5.41, 5.74) is 4.67. The van der Waals surface area contributed by atoms with Gasteiger partial charge in [-0.2, -0.15) is 13.2 Å². The van der Waals surface area contributed by atoms with E-state index in [1.807, 2.05) is 66.4 Å². The van der Waals surface area contributed by atoms with Gasteiger partial charge in [0.25, 0.3) is 0 Å². The monoisotopic (exact) mass is 563 g/mol. The fourth-order valence-electron chi connectivity index (χ4n) is 6.84. The van der Waals surface area contributed by atoms with Crippen LogP contribution in [0.4, 0.5) is 30.4 Å². The summed E-state index contributed by atoms with van der Waals surface area (Å²) < 4.78 is 37.9. The highest BCUT2D eigenvalue weighted by Crippen LogP contribution is 2.47. The highest BCUT2D eigenvalue weighted by Gasteiger charge is 2.51. The molecule has 0 radical (unpaired) electrons. The number of anilines is 3. The quantitative estimate of drug-likeness (QED) is 0.346. The van der Waals surface area contributed by atoms with E-state index < -0.39 is 18.1 Å². The lowest BCUT2D eigenvalue weighted by molar-refractivity contribution is -0.125. The van der Waals surface area contributed by atoms with Crippen LogP contribution < -0.4 is 20.9 Å². The van der Waals surface area contributed by atoms with Crippen molar-refractivity contribution in [3.63, 3.8) is 0 Å². The van der Waals surface area contributed by atoms with Crippen molar-refractivity contribution in [1.29, 1.82) is 0 Å². The molecule has 41 heavy (non-hydrogen) atoms.